The number of aryl methyl sites for hydroxylation is 1. The van der Waals surface area contributed by atoms with E-state index in [4.69, 9.17) is 5.11 Å². The summed E-state index contributed by atoms with van der Waals surface area (Å²) in [6.07, 6.45) is 4.42. The Hall–Kier alpha value is -1.36. The smallest absolute Gasteiger partial charge is 0.305 e. The van der Waals surface area contributed by atoms with E-state index in [1.807, 2.05) is 12.3 Å². The minimum atomic E-state index is -0.862. The summed E-state index contributed by atoms with van der Waals surface area (Å²) in [6, 6.07) is 0. The monoisotopic (exact) mass is 281 g/mol. The van der Waals surface area contributed by atoms with E-state index in [0.29, 0.717) is 6.54 Å². The second-order valence-corrected chi connectivity index (χ2v) is 5.75. The zero-order valence-corrected chi connectivity index (χ0v) is 12.0. The highest BCUT2D eigenvalue weighted by atomic mass is 32.1. The fourth-order valence-corrected chi connectivity index (χ4v) is 3.60. The zero-order chi connectivity index (χ0) is 13.8. The Morgan fingerprint density at radius 2 is 2.11 bits per heavy atom. The zero-order valence-electron chi connectivity index (χ0n) is 11.1. The van der Waals surface area contributed by atoms with Crippen molar-refractivity contribution in [3.63, 3.8) is 0 Å². The van der Waals surface area contributed by atoms with Crippen LogP contribution in [0.1, 0.15) is 47.0 Å². The second kappa shape index (κ2) is 6.19. The fraction of sp³-hybridized carbons (Fsp3) is 0.571. The lowest BCUT2D eigenvalue weighted by Gasteiger charge is -2.21. The van der Waals surface area contributed by atoms with Gasteiger partial charge in [0, 0.05) is 23.3 Å². The number of hydrogen-bond acceptors (Lipinski definition) is 3. The van der Waals surface area contributed by atoms with Crippen LogP contribution in [0.4, 0.5) is 0 Å². The largest absolute Gasteiger partial charge is 0.481 e. The predicted molar refractivity (Wildman–Crippen MR) is 74.8 cm³/mol. The topological polar surface area (TPSA) is 57.6 Å². The Morgan fingerprint density at radius 1 is 1.37 bits per heavy atom. The highest BCUT2D eigenvalue weighted by Crippen LogP contribution is 2.30. The van der Waals surface area contributed by atoms with Crippen LogP contribution in [0.3, 0.4) is 0 Å². The van der Waals surface area contributed by atoms with Gasteiger partial charge in [0.15, 0.2) is 0 Å². The Morgan fingerprint density at radius 3 is 2.79 bits per heavy atom. The van der Waals surface area contributed by atoms with Crippen molar-refractivity contribution in [3.8, 4) is 0 Å². The van der Waals surface area contributed by atoms with E-state index in [0.717, 1.165) is 24.8 Å². The van der Waals surface area contributed by atoms with Crippen LogP contribution >= 0.6 is 11.3 Å². The van der Waals surface area contributed by atoms with Gasteiger partial charge in [0.25, 0.3) is 5.91 Å². The van der Waals surface area contributed by atoms with Crippen molar-refractivity contribution in [1.82, 2.24) is 4.90 Å². The number of amides is 1. The number of fused-ring (bicyclic) bond motifs is 1. The molecule has 5 heteroatoms. The van der Waals surface area contributed by atoms with E-state index >= 15 is 0 Å². The third-order valence-electron chi connectivity index (χ3n) is 3.56. The van der Waals surface area contributed by atoms with Gasteiger partial charge in [-0.05, 0) is 38.2 Å². The third-order valence-corrected chi connectivity index (χ3v) is 4.64. The molecule has 1 N–H and O–H groups in total. The van der Waals surface area contributed by atoms with Gasteiger partial charge in [0.05, 0.1) is 12.0 Å². The van der Waals surface area contributed by atoms with E-state index in [1.54, 1.807) is 16.2 Å². The van der Waals surface area contributed by atoms with Crippen molar-refractivity contribution >= 4 is 23.2 Å². The second-order valence-electron chi connectivity index (χ2n) is 4.79. The molecule has 1 aliphatic rings. The van der Waals surface area contributed by atoms with Crippen molar-refractivity contribution < 1.29 is 14.7 Å². The number of thiophene rings is 1. The van der Waals surface area contributed by atoms with Gasteiger partial charge in [-0.25, -0.2) is 0 Å². The first-order chi connectivity index (χ1) is 9.13. The Balaban J connectivity index is 2.13. The molecule has 0 bridgehead atoms. The molecule has 0 aliphatic heterocycles. The van der Waals surface area contributed by atoms with Gasteiger partial charge in [-0.3, -0.25) is 9.59 Å². The normalized spacial score (nSPS) is 13.9. The summed E-state index contributed by atoms with van der Waals surface area (Å²) in [5.41, 5.74) is 2.00. The van der Waals surface area contributed by atoms with E-state index < -0.39 is 5.97 Å². The molecule has 0 saturated carbocycles. The van der Waals surface area contributed by atoms with Gasteiger partial charge in [0.2, 0.25) is 0 Å². The van der Waals surface area contributed by atoms with Crippen LogP contribution in [0.15, 0.2) is 5.38 Å². The molecule has 0 unspecified atom stereocenters. The number of aliphatic carboxylic acids is 1. The van der Waals surface area contributed by atoms with Crippen LogP contribution in [-0.2, 0) is 17.6 Å². The van der Waals surface area contributed by atoms with Gasteiger partial charge in [-0.1, -0.05) is 0 Å². The quantitative estimate of drug-likeness (QED) is 0.902. The Labute approximate surface area is 117 Å². The average Bonchev–Trinajstić information content (AvgIpc) is 2.82. The van der Waals surface area contributed by atoms with Crippen molar-refractivity contribution in [3.05, 3.63) is 21.4 Å². The van der Waals surface area contributed by atoms with Crippen LogP contribution in [0.25, 0.3) is 0 Å². The standard InChI is InChI=1S/C14H19NO3S/c1-2-15(8-7-13(16)17)14(18)11-9-19-12-6-4-3-5-10(11)12/h9H,2-8H2,1H3,(H,16,17). The van der Waals surface area contributed by atoms with Gasteiger partial charge in [0.1, 0.15) is 0 Å². The number of carbonyl (C=O) groups excluding carboxylic acids is 1. The molecular weight excluding hydrogens is 262 g/mol. The highest BCUT2D eigenvalue weighted by Gasteiger charge is 2.23. The number of carboxylic acids is 1. The summed E-state index contributed by atoms with van der Waals surface area (Å²) in [4.78, 5) is 26.1. The number of rotatable bonds is 5. The van der Waals surface area contributed by atoms with Gasteiger partial charge < -0.3 is 10.0 Å². The summed E-state index contributed by atoms with van der Waals surface area (Å²) in [5, 5.41) is 10.7. The van der Waals surface area contributed by atoms with Crippen LogP contribution in [0.5, 0.6) is 0 Å². The number of carbonyl (C=O) groups is 2. The molecule has 0 atom stereocenters. The van der Waals surface area contributed by atoms with Crippen LogP contribution in [-0.4, -0.2) is 35.0 Å². The molecule has 0 fully saturated rings. The van der Waals surface area contributed by atoms with Crippen LogP contribution < -0.4 is 0 Å². The molecule has 104 valence electrons. The first-order valence-electron chi connectivity index (χ1n) is 6.73. The summed E-state index contributed by atoms with van der Waals surface area (Å²) in [6.45, 7) is 2.73. The SMILES string of the molecule is CCN(CCC(=O)O)C(=O)c1csc2c1CCCC2. The minimum Gasteiger partial charge on any atom is -0.481 e. The summed E-state index contributed by atoms with van der Waals surface area (Å²) < 4.78 is 0. The molecule has 1 aromatic heterocycles. The molecule has 19 heavy (non-hydrogen) atoms. The minimum absolute atomic E-state index is 0.00586. The lowest BCUT2D eigenvalue weighted by Crippen LogP contribution is -2.33. The molecular formula is C14H19NO3S. The maximum Gasteiger partial charge on any atom is 0.305 e. The molecule has 0 saturated heterocycles. The fourth-order valence-electron chi connectivity index (χ4n) is 2.48. The Bertz CT molecular complexity index is 481. The third kappa shape index (κ3) is 3.15. The molecule has 1 heterocycles. The molecule has 0 radical (unpaired) electrons. The van der Waals surface area contributed by atoms with E-state index in [1.165, 1.54) is 16.9 Å². The van der Waals surface area contributed by atoms with E-state index in [9.17, 15) is 9.59 Å². The lowest BCUT2D eigenvalue weighted by molar-refractivity contribution is -0.137. The lowest BCUT2D eigenvalue weighted by atomic mass is 9.95. The summed E-state index contributed by atoms with van der Waals surface area (Å²) in [5.74, 6) is -0.873. The maximum atomic E-state index is 12.5. The van der Waals surface area contributed by atoms with Crippen LogP contribution in [0.2, 0.25) is 0 Å². The molecule has 0 aromatic carbocycles. The van der Waals surface area contributed by atoms with Crippen molar-refractivity contribution in [1.29, 1.82) is 0 Å². The highest BCUT2D eigenvalue weighted by molar-refractivity contribution is 7.10. The maximum absolute atomic E-state index is 12.5. The molecule has 0 spiro atoms. The first kappa shape index (κ1) is 14.1. The van der Waals surface area contributed by atoms with Crippen molar-refractivity contribution in [2.24, 2.45) is 0 Å². The molecule has 4 nitrogen and oxygen atoms in total. The summed E-state index contributed by atoms with van der Waals surface area (Å²) >= 11 is 1.67. The van der Waals surface area contributed by atoms with Gasteiger partial charge in [-0.2, -0.15) is 0 Å². The number of carboxylic acid groups (broad SMARTS) is 1. The molecule has 1 aliphatic carbocycles. The van der Waals surface area contributed by atoms with E-state index in [-0.39, 0.29) is 18.9 Å². The first-order valence-corrected chi connectivity index (χ1v) is 7.61. The Kier molecular flexibility index (Phi) is 4.58. The average molecular weight is 281 g/mol. The van der Waals surface area contributed by atoms with Gasteiger partial charge in [-0.15, -0.1) is 11.3 Å². The van der Waals surface area contributed by atoms with Crippen LogP contribution in [0, 0.1) is 0 Å². The number of nitrogens with zero attached hydrogens (tertiary/aromatic N) is 1. The van der Waals surface area contributed by atoms with Crippen molar-refractivity contribution in [2.45, 2.75) is 39.0 Å². The van der Waals surface area contributed by atoms with Gasteiger partial charge >= 0.3 is 5.97 Å². The van der Waals surface area contributed by atoms with Crippen molar-refractivity contribution in [2.75, 3.05) is 13.1 Å². The summed E-state index contributed by atoms with van der Waals surface area (Å²) in [7, 11) is 0. The predicted octanol–water partition coefficient (Wildman–Crippen LogP) is 2.56. The molecule has 1 aromatic rings. The molecule has 1 amide bonds. The van der Waals surface area contributed by atoms with E-state index in [2.05, 4.69) is 0 Å². The molecule has 2 rings (SSSR count). The number of hydrogen-bond donors (Lipinski definition) is 1.